The molecule has 2 saturated carbocycles. The molecule has 6 rings (SSSR count). The lowest BCUT2D eigenvalue weighted by Gasteiger charge is -2.36. The molecule has 4 aromatic heterocycles. The Labute approximate surface area is 182 Å². The van der Waals surface area contributed by atoms with Crippen LogP contribution in [0.15, 0.2) is 30.7 Å². The minimum atomic E-state index is -2.59. The fourth-order valence-corrected chi connectivity index (χ4v) is 4.78. The van der Waals surface area contributed by atoms with Gasteiger partial charge in [0.2, 0.25) is 5.95 Å². The van der Waals surface area contributed by atoms with Gasteiger partial charge in [0.05, 0.1) is 23.3 Å². The molecule has 2 aliphatic carbocycles. The Kier molecular flexibility index (Phi) is 4.23. The molecule has 4 aromatic rings. The molecule has 1 N–H and O–H groups in total. The first kappa shape index (κ1) is 19.5. The molecular weight excluding hydrogens is 416 g/mol. The summed E-state index contributed by atoms with van der Waals surface area (Å²) in [6.45, 7) is 1.84. The molecule has 0 aliphatic heterocycles. The molecule has 4 heterocycles. The molecule has 0 radical (unpaired) electrons. The van der Waals surface area contributed by atoms with Crippen molar-refractivity contribution >= 4 is 22.6 Å². The highest BCUT2D eigenvalue weighted by Gasteiger charge is 2.47. The van der Waals surface area contributed by atoms with E-state index in [0.29, 0.717) is 29.6 Å². The van der Waals surface area contributed by atoms with Crippen LogP contribution in [-0.4, -0.2) is 54.3 Å². The molecular formula is C22H23F2N7O. The number of ether oxygens (including phenoxy) is 1. The number of nitrogens with one attached hydrogen (secondary N) is 1. The summed E-state index contributed by atoms with van der Waals surface area (Å²) < 4.78 is 36.0. The predicted octanol–water partition coefficient (Wildman–Crippen LogP) is 4.01. The third-order valence-electron chi connectivity index (χ3n) is 6.65. The SMILES string of the molecule is CO[C@H]1C[C@@H](Nc2ncc3c(-c4cnc5nc(C)n(C6CC(F)(F)C6)c5c4)ccn3n2)C1. The zero-order valence-corrected chi connectivity index (χ0v) is 17.8. The van der Waals surface area contributed by atoms with Crippen molar-refractivity contribution in [2.75, 3.05) is 12.4 Å². The molecule has 8 nitrogen and oxygen atoms in total. The lowest BCUT2D eigenvalue weighted by Crippen LogP contribution is -2.40. The molecule has 0 unspecified atom stereocenters. The summed E-state index contributed by atoms with van der Waals surface area (Å²) in [5, 5.41) is 7.92. The van der Waals surface area contributed by atoms with Crippen LogP contribution in [0.1, 0.15) is 37.5 Å². The van der Waals surface area contributed by atoms with E-state index >= 15 is 0 Å². The summed E-state index contributed by atoms with van der Waals surface area (Å²) in [4.78, 5) is 13.5. The van der Waals surface area contributed by atoms with Crippen LogP contribution in [0.5, 0.6) is 0 Å². The monoisotopic (exact) mass is 439 g/mol. The van der Waals surface area contributed by atoms with Gasteiger partial charge in [0.15, 0.2) is 5.65 Å². The van der Waals surface area contributed by atoms with Crippen LogP contribution >= 0.6 is 0 Å². The predicted molar refractivity (Wildman–Crippen MR) is 115 cm³/mol. The zero-order valence-electron chi connectivity index (χ0n) is 17.8. The number of hydrogen-bond acceptors (Lipinski definition) is 6. The fraction of sp³-hybridized carbons (Fsp3) is 0.455. The molecule has 0 amide bonds. The van der Waals surface area contributed by atoms with Gasteiger partial charge in [0, 0.05) is 55.6 Å². The third kappa shape index (κ3) is 3.12. The van der Waals surface area contributed by atoms with Crippen molar-refractivity contribution in [1.29, 1.82) is 0 Å². The number of methoxy groups -OCH3 is 1. The van der Waals surface area contributed by atoms with Crippen molar-refractivity contribution in [3.8, 4) is 11.1 Å². The van der Waals surface area contributed by atoms with Gasteiger partial charge in [-0.25, -0.2) is 28.2 Å². The lowest BCUT2D eigenvalue weighted by atomic mass is 9.87. The normalized spacial score (nSPS) is 22.8. The number of hydrogen-bond donors (Lipinski definition) is 1. The maximum absolute atomic E-state index is 13.5. The molecule has 0 spiro atoms. The molecule has 0 saturated heterocycles. The number of rotatable bonds is 5. The van der Waals surface area contributed by atoms with Gasteiger partial charge in [-0.1, -0.05) is 0 Å². The number of imidazole rings is 1. The number of aromatic nitrogens is 6. The lowest BCUT2D eigenvalue weighted by molar-refractivity contribution is -0.103. The van der Waals surface area contributed by atoms with E-state index in [1.165, 1.54) is 0 Å². The Hall–Kier alpha value is -3.14. The Morgan fingerprint density at radius 1 is 1.16 bits per heavy atom. The van der Waals surface area contributed by atoms with E-state index in [1.54, 1.807) is 24.0 Å². The molecule has 0 atom stereocenters. The van der Waals surface area contributed by atoms with Crippen molar-refractivity contribution < 1.29 is 13.5 Å². The summed E-state index contributed by atoms with van der Waals surface area (Å²) in [5.74, 6) is -1.31. The quantitative estimate of drug-likeness (QED) is 0.506. The highest BCUT2D eigenvalue weighted by atomic mass is 19.3. The average Bonchev–Trinajstić information content (AvgIpc) is 3.27. The van der Waals surface area contributed by atoms with Crippen LogP contribution in [0.25, 0.3) is 27.8 Å². The molecule has 166 valence electrons. The minimum Gasteiger partial charge on any atom is -0.381 e. The van der Waals surface area contributed by atoms with Crippen molar-refractivity contribution in [2.24, 2.45) is 0 Å². The summed E-state index contributed by atoms with van der Waals surface area (Å²) in [7, 11) is 1.73. The highest BCUT2D eigenvalue weighted by molar-refractivity contribution is 5.85. The first-order chi connectivity index (χ1) is 15.4. The summed E-state index contributed by atoms with van der Waals surface area (Å²) in [6.07, 6.45) is 7.31. The number of anilines is 1. The number of fused-ring (bicyclic) bond motifs is 2. The average molecular weight is 439 g/mol. The van der Waals surface area contributed by atoms with Crippen molar-refractivity contribution in [2.45, 2.75) is 56.7 Å². The zero-order chi connectivity index (χ0) is 22.0. The summed E-state index contributed by atoms with van der Waals surface area (Å²) in [6, 6.07) is 4.01. The van der Waals surface area contributed by atoms with Crippen LogP contribution in [0.3, 0.4) is 0 Å². The molecule has 0 aromatic carbocycles. The number of aryl methyl sites for hydroxylation is 1. The first-order valence-electron chi connectivity index (χ1n) is 10.8. The number of halogens is 2. The van der Waals surface area contributed by atoms with Crippen LogP contribution in [0.2, 0.25) is 0 Å². The fourth-order valence-electron chi connectivity index (χ4n) is 4.78. The maximum atomic E-state index is 13.5. The second kappa shape index (κ2) is 6.93. The van der Waals surface area contributed by atoms with Gasteiger partial charge in [-0.05, 0) is 31.9 Å². The van der Waals surface area contributed by atoms with E-state index < -0.39 is 5.92 Å². The van der Waals surface area contributed by atoms with Gasteiger partial charge >= 0.3 is 0 Å². The van der Waals surface area contributed by atoms with E-state index in [1.807, 2.05) is 29.8 Å². The second-order valence-electron chi connectivity index (χ2n) is 8.83. The van der Waals surface area contributed by atoms with Crippen LogP contribution < -0.4 is 5.32 Å². The number of nitrogens with zero attached hydrogens (tertiary/aromatic N) is 6. The van der Waals surface area contributed by atoms with Gasteiger partial charge in [0.25, 0.3) is 5.92 Å². The second-order valence-corrected chi connectivity index (χ2v) is 8.83. The van der Waals surface area contributed by atoms with Crippen LogP contribution in [-0.2, 0) is 4.74 Å². The van der Waals surface area contributed by atoms with E-state index in [9.17, 15) is 8.78 Å². The molecule has 32 heavy (non-hydrogen) atoms. The third-order valence-corrected chi connectivity index (χ3v) is 6.65. The maximum Gasteiger partial charge on any atom is 0.252 e. The van der Waals surface area contributed by atoms with Gasteiger partial charge in [0.1, 0.15) is 5.82 Å². The highest BCUT2D eigenvalue weighted by Crippen LogP contribution is 2.47. The largest absolute Gasteiger partial charge is 0.381 e. The van der Waals surface area contributed by atoms with E-state index in [0.717, 1.165) is 35.0 Å². The Morgan fingerprint density at radius 3 is 2.72 bits per heavy atom. The minimum absolute atomic E-state index is 0.158. The van der Waals surface area contributed by atoms with E-state index in [-0.39, 0.29) is 18.9 Å². The number of alkyl halides is 2. The van der Waals surface area contributed by atoms with E-state index in [4.69, 9.17) is 4.74 Å². The molecule has 0 bridgehead atoms. The van der Waals surface area contributed by atoms with Gasteiger partial charge in [-0.3, -0.25) is 0 Å². The smallest absolute Gasteiger partial charge is 0.252 e. The first-order valence-corrected chi connectivity index (χ1v) is 10.8. The van der Waals surface area contributed by atoms with Crippen LogP contribution in [0.4, 0.5) is 14.7 Å². The Balaban J connectivity index is 1.32. The van der Waals surface area contributed by atoms with Gasteiger partial charge < -0.3 is 14.6 Å². The van der Waals surface area contributed by atoms with E-state index in [2.05, 4.69) is 25.4 Å². The summed E-state index contributed by atoms with van der Waals surface area (Å²) in [5.41, 5.74) is 3.99. The Morgan fingerprint density at radius 2 is 1.97 bits per heavy atom. The Bertz CT molecular complexity index is 1320. The van der Waals surface area contributed by atoms with Crippen molar-refractivity contribution in [3.05, 3.63) is 36.5 Å². The van der Waals surface area contributed by atoms with Crippen molar-refractivity contribution in [3.63, 3.8) is 0 Å². The van der Waals surface area contributed by atoms with Gasteiger partial charge in [-0.15, -0.1) is 5.10 Å². The topological polar surface area (TPSA) is 82.2 Å². The number of pyridine rings is 1. The molecule has 2 aliphatic rings. The molecule has 10 heteroatoms. The van der Waals surface area contributed by atoms with Crippen LogP contribution in [0, 0.1) is 6.92 Å². The standard InChI is InChI=1S/C22H23F2N7O/c1-12-27-20-18(31(12)15-8-22(23,24)9-15)5-13(10-25-20)17-3-4-30-19(17)11-26-21(29-30)28-14-6-16(7-14)32-2/h3-5,10-11,14-16H,6-9H2,1-2H3,(H,28,29)/t14-,16+. The van der Waals surface area contributed by atoms with Gasteiger partial charge in [-0.2, -0.15) is 0 Å². The van der Waals surface area contributed by atoms with Crippen molar-refractivity contribution in [1.82, 2.24) is 29.1 Å². The summed E-state index contributed by atoms with van der Waals surface area (Å²) >= 11 is 0. The molecule has 2 fully saturated rings.